The Balaban J connectivity index is 1.64. The third-order valence-electron chi connectivity index (χ3n) is 4.93. The number of anilines is 1. The van der Waals surface area contributed by atoms with Gasteiger partial charge < -0.3 is 9.64 Å². The lowest BCUT2D eigenvalue weighted by atomic mass is 10.1. The molecule has 2 amide bonds. The topological polar surface area (TPSA) is 75.6 Å². The van der Waals surface area contributed by atoms with Gasteiger partial charge in [0, 0.05) is 32.3 Å². The highest BCUT2D eigenvalue weighted by Crippen LogP contribution is 2.40. The van der Waals surface area contributed by atoms with Crippen LogP contribution < -0.4 is 4.90 Å². The van der Waals surface area contributed by atoms with Crippen molar-refractivity contribution >= 4 is 28.5 Å². The highest BCUT2D eigenvalue weighted by atomic mass is 32.1. The zero-order valence-electron chi connectivity index (χ0n) is 18.4. The summed E-state index contributed by atoms with van der Waals surface area (Å²) < 4.78 is 5.48. The van der Waals surface area contributed by atoms with Crippen molar-refractivity contribution in [1.82, 2.24) is 14.9 Å². The average Bonchev–Trinajstić information content (AvgIpc) is 3.11. The van der Waals surface area contributed by atoms with Gasteiger partial charge in [-0.15, -0.1) is 0 Å². The maximum Gasteiger partial charge on any atom is 0.410 e. The van der Waals surface area contributed by atoms with Crippen LogP contribution >= 0.6 is 11.3 Å². The smallest absolute Gasteiger partial charge is 0.410 e. The van der Waals surface area contributed by atoms with Gasteiger partial charge in [0.2, 0.25) is 5.91 Å². The highest BCUT2D eigenvalue weighted by molar-refractivity contribution is 7.19. The highest BCUT2D eigenvalue weighted by Gasteiger charge is 2.30. The number of rotatable bonds is 3. The largest absolute Gasteiger partial charge is 0.444 e. The maximum absolute atomic E-state index is 13.0. The second-order valence-electron chi connectivity index (χ2n) is 8.52. The van der Waals surface area contributed by atoms with Crippen molar-refractivity contribution in [1.29, 1.82) is 0 Å². The van der Waals surface area contributed by atoms with Gasteiger partial charge in [0.25, 0.3) is 0 Å². The molecule has 0 bridgehead atoms. The van der Waals surface area contributed by atoms with Gasteiger partial charge in [-0.3, -0.25) is 14.7 Å². The van der Waals surface area contributed by atoms with E-state index in [9.17, 15) is 9.59 Å². The Morgan fingerprint density at radius 2 is 1.78 bits per heavy atom. The molecule has 0 unspecified atom stereocenters. The summed E-state index contributed by atoms with van der Waals surface area (Å²) in [5.41, 5.74) is 1.95. The Kier molecular flexibility index (Phi) is 6.23. The Bertz CT molecular complexity index is 1040. The average molecular weight is 451 g/mol. The molecule has 1 aromatic carbocycles. The van der Waals surface area contributed by atoms with Crippen LogP contribution in [0.4, 0.5) is 9.93 Å². The lowest BCUT2D eigenvalue weighted by molar-refractivity contribution is -0.118. The number of hydrogen-bond acceptors (Lipinski definition) is 6. The van der Waals surface area contributed by atoms with Crippen LogP contribution in [0.2, 0.25) is 0 Å². The van der Waals surface area contributed by atoms with Crippen molar-refractivity contribution in [3.05, 3.63) is 54.7 Å². The van der Waals surface area contributed by atoms with Crippen LogP contribution in [0.3, 0.4) is 0 Å². The molecule has 3 aromatic rings. The summed E-state index contributed by atoms with van der Waals surface area (Å²) in [6.07, 6.45) is 1.56. The Morgan fingerprint density at radius 1 is 1.03 bits per heavy atom. The van der Waals surface area contributed by atoms with Crippen molar-refractivity contribution in [3.63, 3.8) is 0 Å². The molecule has 7 nitrogen and oxygen atoms in total. The lowest BCUT2D eigenvalue weighted by Gasteiger charge is -2.26. The maximum atomic E-state index is 13.0. The van der Waals surface area contributed by atoms with Crippen LogP contribution in [0.1, 0.15) is 27.2 Å². The van der Waals surface area contributed by atoms with E-state index in [2.05, 4.69) is 4.98 Å². The first-order valence-electron chi connectivity index (χ1n) is 10.6. The number of aromatic nitrogens is 2. The molecule has 4 rings (SSSR count). The Hall–Kier alpha value is -3.26. The molecule has 2 aromatic heterocycles. The molecule has 0 radical (unpaired) electrons. The number of hydrogen-bond donors (Lipinski definition) is 0. The van der Waals surface area contributed by atoms with Crippen molar-refractivity contribution in [2.24, 2.45) is 0 Å². The van der Waals surface area contributed by atoms with Crippen molar-refractivity contribution in [3.8, 4) is 21.8 Å². The van der Waals surface area contributed by atoms with Crippen LogP contribution in [0.15, 0.2) is 54.7 Å². The first kappa shape index (κ1) is 22.0. The van der Waals surface area contributed by atoms with Gasteiger partial charge in [0.1, 0.15) is 11.3 Å². The van der Waals surface area contributed by atoms with E-state index in [0.29, 0.717) is 24.8 Å². The zero-order valence-corrected chi connectivity index (χ0v) is 19.3. The van der Waals surface area contributed by atoms with E-state index in [1.54, 1.807) is 16.0 Å². The molecule has 8 heteroatoms. The predicted octanol–water partition coefficient (Wildman–Crippen LogP) is 4.85. The molecule has 32 heavy (non-hydrogen) atoms. The molecule has 0 N–H and O–H groups in total. The summed E-state index contributed by atoms with van der Waals surface area (Å²) in [4.78, 5) is 39.0. The summed E-state index contributed by atoms with van der Waals surface area (Å²) in [5, 5.41) is 0.612. The number of ether oxygens (including phenoxy) is 1. The van der Waals surface area contributed by atoms with Gasteiger partial charge in [-0.1, -0.05) is 47.7 Å². The second-order valence-corrected chi connectivity index (χ2v) is 9.50. The van der Waals surface area contributed by atoms with Gasteiger partial charge in [-0.2, -0.15) is 0 Å². The minimum Gasteiger partial charge on any atom is -0.444 e. The van der Waals surface area contributed by atoms with Crippen molar-refractivity contribution in [2.45, 2.75) is 32.8 Å². The molecule has 1 saturated heterocycles. The molecule has 0 spiro atoms. The van der Waals surface area contributed by atoms with Crippen LogP contribution in [-0.2, 0) is 9.53 Å². The number of carbonyl (C=O) groups is 2. The van der Waals surface area contributed by atoms with Gasteiger partial charge in [-0.05, 0) is 38.5 Å². The van der Waals surface area contributed by atoms with E-state index < -0.39 is 11.7 Å². The van der Waals surface area contributed by atoms with Gasteiger partial charge in [-0.25, -0.2) is 9.78 Å². The Labute approximate surface area is 191 Å². The normalized spacial score (nSPS) is 14.9. The van der Waals surface area contributed by atoms with Gasteiger partial charge in [0.05, 0.1) is 10.6 Å². The molecule has 166 valence electrons. The minimum atomic E-state index is -0.579. The van der Waals surface area contributed by atoms with Gasteiger partial charge in [0.15, 0.2) is 5.13 Å². The Morgan fingerprint density at radius 3 is 2.47 bits per heavy atom. The van der Waals surface area contributed by atoms with E-state index in [0.717, 1.165) is 21.8 Å². The number of benzene rings is 1. The number of nitrogens with zero attached hydrogens (tertiary/aromatic N) is 4. The fourth-order valence-electron chi connectivity index (χ4n) is 3.42. The molecule has 1 fully saturated rings. The van der Waals surface area contributed by atoms with E-state index >= 15 is 0 Å². The molecule has 3 heterocycles. The zero-order chi connectivity index (χ0) is 22.7. The quantitative estimate of drug-likeness (QED) is 0.570. The van der Waals surface area contributed by atoms with E-state index in [1.165, 1.54) is 11.3 Å². The monoisotopic (exact) mass is 450 g/mol. The first-order chi connectivity index (χ1) is 15.3. The predicted molar refractivity (Wildman–Crippen MR) is 126 cm³/mol. The molecular formula is C24H26N4O3S. The summed E-state index contributed by atoms with van der Waals surface area (Å²) in [6, 6.07) is 15.7. The summed E-state index contributed by atoms with van der Waals surface area (Å²) in [5.74, 6) is -0.0583. The number of thiazole rings is 1. The third-order valence-corrected chi connectivity index (χ3v) is 6.06. The molecular weight excluding hydrogens is 424 g/mol. The third kappa shape index (κ3) is 4.96. The number of carbonyl (C=O) groups excluding carboxylic acids is 2. The molecule has 0 saturated carbocycles. The summed E-state index contributed by atoms with van der Waals surface area (Å²) in [6.45, 7) is 6.58. The number of amides is 2. The van der Waals surface area contributed by atoms with Crippen LogP contribution in [0.5, 0.6) is 0 Å². The van der Waals surface area contributed by atoms with E-state index in [4.69, 9.17) is 9.72 Å². The fourth-order valence-corrected chi connectivity index (χ4v) is 4.54. The van der Waals surface area contributed by atoms with Crippen molar-refractivity contribution in [2.75, 3.05) is 24.5 Å². The van der Waals surface area contributed by atoms with E-state index in [1.807, 2.05) is 69.3 Å². The molecule has 1 aliphatic heterocycles. The lowest BCUT2D eigenvalue weighted by Crippen LogP contribution is -2.39. The van der Waals surface area contributed by atoms with E-state index in [-0.39, 0.29) is 12.3 Å². The molecule has 1 aliphatic rings. The first-order valence-corrected chi connectivity index (χ1v) is 11.4. The second kappa shape index (κ2) is 9.08. The van der Waals surface area contributed by atoms with Crippen LogP contribution in [0, 0.1) is 0 Å². The fraction of sp³-hybridized carbons (Fsp3) is 0.333. The summed E-state index contributed by atoms with van der Waals surface area (Å²) >= 11 is 1.47. The summed E-state index contributed by atoms with van der Waals surface area (Å²) in [7, 11) is 0. The van der Waals surface area contributed by atoms with Gasteiger partial charge >= 0.3 is 6.09 Å². The van der Waals surface area contributed by atoms with Crippen molar-refractivity contribution < 1.29 is 14.3 Å². The molecule has 0 aliphatic carbocycles. The molecule has 0 atom stereocenters. The SMILES string of the molecule is CC(C)(C)OC(=O)N1CCC(=O)N(c2nc(-c3ccccn3)c(-c3ccccc3)s2)CC1. The van der Waals surface area contributed by atoms with Crippen LogP contribution in [-0.4, -0.2) is 52.1 Å². The van der Waals surface area contributed by atoms with Crippen LogP contribution in [0.25, 0.3) is 21.8 Å². The number of pyridine rings is 1. The minimum absolute atomic E-state index is 0.0583. The standard InChI is InChI=1S/C24H26N4O3S/c1-24(2,3)31-23(30)27-14-12-19(29)28(16-15-27)22-26-20(18-11-7-8-13-25-18)21(32-22)17-9-5-4-6-10-17/h4-11,13H,12,14-16H2,1-3H3.